The lowest BCUT2D eigenvalue weighted by Crippen LogP contribution is -2.61. The zero-order valence-electron chi connectivity index (χ0n) is 19.6. The Hall–Kier alpha value is -2.97. The van der Waals surface area contributed by atoms with Gasteiger partial charge in [-0.25, -0.2) is 9.18 Å². The lowest BCUT2D eigenvalue weighted by Gasteiger charge is -2.43. The minimum atomic E-state index is -0.682. The van der Waals surface area contributed by atoms with Gasteiger partial charge in [0.15, 0.2) is 0 Å². The Morgan fingerprint density at radius 1 is 1.18 bits per heavy atom. The first-order valence-electron chi connectivity index (χ1n) is 11.7. The molecule has 0 aliphatic carbocycles. The summed E-state index contributed by atoms with van der Waals surface area (Å²) in [4.78, 5) is 27.5. The van der Waals surface area contributed by atoms with Crippen molar-refractivity contribution in [2.24, 2.45) is 0 Å². The Morgan fingerprint density at radius 3 is 2.59 bits per heavy atom. The summed E-state index contributed by atoms with van der Waals surface area (Å²) in [5, 5.41) is 3.18. The van der Waals surface area contributed by atoms with Gasteiger partial charge in [0, 0.05) is 32.4 Å². The van der Waals surface area contributed by atoms with E-state index in [0.29, 0.717) is 43.9 Å². The van der Waals surface area contributed by atoms with Crippen LogP contribution in [0, 0.1) is 5.82 Å². The fourth-order valence-corrected chi connectivity index (χ4v) is 4.78. The summed E-state index contributed by atoms with van der Waals surface area (Å²) in [7, 11) is 1.35. The van der Waals surface area contributed by atoms with E-state index in [0.717, 1.165) is 18.5 Å². The number of rotatable bonds is 7. The molecule has 1 amide bonds. The molecule has 4 rings (SSSR count). The van der Waals surface area contributed by atoms with E-state index in [1.54, 1.807) is 24.3 Å². The van der Waals surface area contributed by atoms with Crippen LogP contribution in [0.3, 0.4) is 0 Å². The van der Waals surface area contributed by atoms with Crippen molar-refractivity contribution in [1.29, 1.82) is 0 Å². The summed E-state index contributed by atoms with van der Waals surface area (Å²) >= 11 is 0. The average Bonchev–Trinajstić information content (AvgIpc) is 3.33. The van der Waals surface area contributed by atoms with E-state index in [2.05, 4.69) is 10.2 Å². The highest BCUT2D eigenvalue weighted by molar-refractivity contribution is 5.89. The number of carbonyl (C=O) groups excluding carboxylic acids is 2. The summed E-state index contributed by atoms with van der Waals surface area (Å²) in [6.45, 7) is 4.27. The highest BCUT2D eigenvalue weighted by Crippen LogP contribution is 2.33. The molecule has 0 spiro atoms. The van der Waals surface area contributed by atoms with E-state index < -0.39 is 11.5 Å². The van der Waals surface area contributed by atoms with Gasteiger partial charge in [0.2, 0.25) is 5.91 Å². The van der Waals surface area contributed by atoms with Crippen molar-refractivity contribution in [3.05, 3.63) is 65.5 Å². The van der Waals surface area contributed by atoms with Crippen LogP contribution in [-0.4, -0.2) is 61.8 Å². The van der Waals surface area contributed by atoms with Crippen LogP contribution in [0.25, 0.3) is 0 Å². The Bertz CT molecular complexity index is 1010. The first-order valence-corrected chi connectivity index (χ1v) is 11.7. The number of esters is 1. The molecule has 34 heavy (non-hydrogen) atoms. The van der Waals surface area contributed by atoms with Crippen molar-refractivity contribution in [3.63, 3.8) is 0 Å². The van der Waals surface area contributed by atoms with Gasteiger partial charge < -0.3 is 19.5 Å². The molecule has 2 heterocycles. The number of likely N-dealkylation sites (tertiary alicyclic amines) is 1. The summed E-state index contributed by atoms with van der Waals surface area (Å²) in [6, 6.07) is 13.0. The van der Waals surface area contributed by atoms with Gasteiger partial charge >= 0.3 is 5.97 Å². The molecule has 182 valence electrons. The van der Waals surface area contributed by atoms with Gasteiger partial charge in [-0.2, -0.15) is 0 Å². The number of amides is 1. The predicted octanol–water partition coefficient (Wildman–Crippen LogP) is 3.49. The molecular formula is C26H31FN2O5. The van der Waals surface area contributed by atoms with E-state index in [9.17, 15) is 14.0 Å². The van der Waals surface area contributed by atoms with Gasteiger partial charge in [-0.05, 0) is 56.0 Å². The number of nitrogens with zero attached hydrogens (tertiary/aromatic N) is 1. The second kappa shape index (κ2) is 10.5. The first-order chi connectivity index (χ1) is 16.4. The van der Waals surface area contributed by atoms with Crippen molar-refractivity contribution in [3.8, 4) is 5.75 Å². The third kappa shape index (κ3) is 5.23. The fourth-order valence-electron chi connectivity index (χ4n) is 4.78. The van der Waals surface area contributed by atoms with Crippen LogP contribution in [-0.2, 0) is 14.3 Å². The highest BCUT2D eigenvalue weighted by Gasteiger charge is 2.48. The number of halogens is 1. The molecule has 0 saturated carbocycles. The van der Waals surface area contributed by atoms with E-state index >= 15 is 0 Å². The third-order valence-corrected chi connectivity index (χ3v) is 6.77. The van der Waals surface area contributed by atoms with Crippen molar-refractivity contribution < 1.29 is 28.2 Å². The number of hydrogen-bond acceptors (Lipinski definition) is 6. The molecule has 2 aromatic carbocycles. The molecule has 7 nitrogen and oxygen atoms in total. The monoisotopic (exact) mass is 470 g/mol. The second-order valence-electron chi connectivity index (χ2n) is 8.88. The summed E-state index contributed by atoms with van der Waals surface area (Å²) in [5.41, 5.74) is 0.683. The van der Waals surface area contributed by atoms with Crippen molar-refractivity contribution in [2.45, 2.75) is 43.9 Å². The van der Waals surface area contributed by atoms with E-state index in [1.165, 1.54) is 19.2 Å². The van der Waals surface area contributed by atoms with Gasteiger partial charge in [0.05, 0.1) is 18.7 Å². The number of methoxy groups -OCH3 is 1. The van der Waals surface area contributed by atoms with Crippen LogP contribution in [0.15, 0.2) is 48.5 Å². The summed E-state index contributed by atoms with van der Waals surface area (Å²) in [6.07, 6.45) is 1.84. The standard InChI is InChI=1S/C26H31FN2O5/c1-18(19-6-8-20(9-7-19)24(30)32-2)28-25(31)26(11-14-33-15-12-26)29-13-10-23(17-29)34-22-5-3-4-21(27)16-22/h3-9,16,18,23H,10-15,17H2,1-2H3,(H,28,31)/t18-,23+/m0/s1. The lowest BCUT2D eigenvalue weighted by atomic mass is 9.86. The van der Waals surface area contributed by atoms with Crippen molar-refractivity contribution in [1.82, 2.24) is 10.2 Å². The fraction of sp³-hybridized carbons (Fsp3) is 0.462. The number of hydrogen-bond donors (Lipinski definition) is 1. The van der Waals surface area contributed by atoms with Gasteiger partial charge in [0.1, 0.15) is 23.2 Å². The lowest BCUT2D eigenvalue weighted by molar-refractivity contribution is -0.140. The maximum Gasteiger partial charge on any atom is 0.337 e. The Balaban J connectivity index is 1.44. The van der Waals surface area contributed by atoms with Gasteiger partial charge in [-0.1, -0.05) is 18.2 Å². The molecule has 2 aromatic rings. The number of carbonyl (C=O) groups is 2. The van der Waals surface area contributed by atoms with E-state index in [-0.39, 0.29) is 23.9 Å². The molecule has 1 N–H and O–H groups in total. The van der Waals surface area contributed by atoms with Crippen LogP contribution >= 0.6 is 0 Å². The molecule has 0 radical (unpaired) electrons. The van der Waals surface area contributed by atoms with Gasteiger partial charge in [-0.15, -0.1) is 0 Å². The Morgan fingerprint density at radius 2 is 1.91 bits per heavy atom. The van der Waals surface area contributed by atoms with Crippen LogP contribution in [0.5, 0.6) is 5.75 Å². The van der Waals surface area contributed by atoms with Gasteiger partial charge in [-0.3, -0.25) is 9.69 Å². The number of ether oxygens (including phenoxy) is 3. The normalized spacial score (nSPS) is 21.0. The minimum Gasteiger partial charge on any atom is -0.489 e. The molecule has 2 atom stereocenters. The Kier molecular flexibility index (Phi) is 7.48. The molecule has 0 bridgehead atoms. The van der Waals surface area contributed by atoms with Gasteiger partial charge in [0.25, 0.3) is 0 Å². The van der Waals surface area contributed by atoms with E-state index in [1.807, 2.05) is 19.1 Å². The highest BCUT2D eigenvalue weighted by atomic mass is 19.1. The van der Waals surface area contributed by atoms with Crippen LogP contribution in [0.1, 0.15) is 48.1 Å². The van der Waals surface area contributed by atoms with Crippen LogP contribution in [0.4, 0.5) is 4.39 Å². The third-order valence-electron chi connectivity index (χ3n) is 6.77. The summed E-state index contributed by atoms with van der Waals surface area (Å²) in [5.74, 6) is -0.261. The van der Waals surface area contributed by atoms with Crippen molar-refractivity contribution >= 4 is 11.9 Å². The zero-order valence-corrected chi connectivity index (χ0v) is 19.6. The Labute approximate surface area is 199 Å². The first kappa shape index (κ1) is 24.2. The maximum atomic E-state index is 13.6. The summed E-state index contributed by atoms with van der Waals surface area (Å²) < 4.78 is 29.9. The SMILES string of the molecule is COC(=O)c1ccc([C@H](C)NC(=O)C2(N3CC[C@@H](Oc4cccc(F)c4)C3)CCOCC2)cc1. The average molecular weight is 471 g/mol. The quantitative estimate of drug-likeness (QED) is 0.625. The number of nitrogens with one attached hydrogen (secondary N) is 1. The minimum absolute atomic E-state index is 0.0354. The zero-order chi connectivity index (χ0) is 24.1. The van der Waals surface area contributed by atoms with Crippen LogP contribution in [0.2, 0.25) is 0 Å². The molecule has 2 fully saturated rings. The predicted molar refractivity (Wildman–Crippen MR) is 124 cm³/mol. The molecule has 0 unspecified atom stereocenters. The van der Waals surface area contributed by atoms with E-state index in [4.69, 9.17) is 14.2 Å². The molecule has 0 aromatic heterocycles. The molecule has 2 aliphatic heterocycles. The van der Waals surface area contributed by atoms with Crippen molar-refractivity contribution in [2.75, 3.05) is 33.4 Å². The largest absolute Gasteiger partial charge is 0.489 e. The molecular weight excluding hydrogens is 439 g/mol. The molecule has 8 heteroatoms. The molecule has 2 aliphatic rings. The number of benzene rings is 2. The van der Waals surface area contributed by atoms with Crippen LogP contribution < -0.4 is 10.1 Å². The topological polar surface area (TPSA) is 77.1 Å². The maximum absolute atomic E-state index is 13.6. The molecule has 2 saturated heterocycles. The smallest absolute Gasteiger partial charge is 0.337 e. The second-order valence-corrected chi connectivity index (χ2v) is 8.88.